The van der Waals surface area contributed by atoms with Crippen LogP contribution in [-0.2, 0) is 6.61 Å². The number of halogens is 1. The molecule has 0 spiro atoms. The predicted octanol–water partition coefficient (Wildman–Crippen LogP) is 5.58. The van der Waals surface area contributed by atoms with E-state index in [2.05, 4.69) is 26.5 Å². The van der Waals surface area contributed by atoms with Crippen LogP contribution in [0.15, 0.2) is 82.4 Å². The lowest BCUT2D eigenvalue weighted by molar-refractivity contribution is 0.0955. The fraction of sp³-hybridized carbons (Fsp3) is 0.167. The van der Waals surface area contributed by atoms with Crippen molar-refractivity contribution in [3.63, 3.8) is 0 Å². The van der Waals surface area contributed by atoms with Crippen LogP contribution in [0.4, 0.5) is 0 Å². The van der Waals surface area contributed by atoms with E-state index in [9.17, 15) is 4.79 Å². The average Bonchev–Trinajstić information content (AvgIpc) is 2.77. The monoisotopic (exact) mass is 466 g/mol. The summed E-state index contributed by atoms with van der Waals surface area (Å²) < 4.78 is 12.4. The lowest BCUT2D eigenvalue weighted by Gasteiger charge is -2.07. The van der Waals surface area contributed by atoms with Gasteiger partial charge in [0.2, 0.25) is 0 Å². The summed E-state index contributed by atoms with van der Waals surface area (Å²) in [4.78, 5) is 12.2. The second kappa shape index (κ2) is 11.2. The highest BCUT2D eigenvalue weighted by atomic mass is 79.9. The molecular formula is C24H23BrN2O3. The molecule has 0 saturated carbocycles. The smallest absolute Gasteiger partial charge is 0.271 e. The van der Waals surface area contributed by atoms with Gasteiger partial charge in [-0.2, -0.15) is 5.10 Å². The molecule has 1 N–H and O–H groups in total. The maximum atomic E-state index is 12.2. The molecule has 0 bridgehead atoms. The molecular weight excluding hydrogens is 444 g/mol. The number of nitrogens with one attached hydrogen (secondary N) is 1. The summed E-state index contributed by atoms with van der Waals surface area (Å²) in [6.45, 7) is 3.17. The first kappa shape index (κ1) is 21.6. The van der Waals surface area contributed by atoms with E-state index in [0.717, 1.165) is 33.5 Å². The number of nitrogens with zero attached hydrogens (tertiary/aromatic N) is 1. The van der Waals surface area contributed by atoms with Crippen molar-refractivity contribution in [2.24, 2.45) is 5.10 Å². The van der Waals surface area contributed by atoms with Gasteiger partial charge in [0, 0.05) is 10.0 Å². The van der Waals surface area contributed by atoms with Crippen LogP contribution in [0.3, 0.4) is 0 Å². The van der Waals surface area contributed by atoms with Gasteiger partial charge in [-0.05, 0) is 66.1 Å². The average molecular weight is 467 g/mol. The van der Waals surface area contributed by atoms with E-state index in [-0.39, 0.29) is 5.91 Å². The van der Waals surface area contributed by atoms with Crippen molar-refractivity contribution in [2.45, 2.75) is 20.0 Å². The molecule has 0 aliphatic rings. The Morgan fingerprint density at radius 3 is 2.57 bits per heavy atom. The maximum absolute atomic E-state index is 12.2. The first-order chi connectivity index (χ1) is 14.6. The van der Waals surface area contributed by atoms with Crippen molar-refractivity contribution in [1.82, 2.24) is 5.43 Å². The van der Waals surface area contributed by atoms with Crippen molar-refractivity contribution in [3.8, 4) is 11.5 Å². The zero-order valence-electron chi connectivity index (χ0n) is 16.7. The van der Waals surface area contributed by atoms with Gasteiger partial charge >= 0.3 is 0 Å². The van der Waals surface area contributed by atoms with E-state index >= 15 is 0 Å². The number of hydrogen-bond acceptors (Lipinski definition) is 4. The van der Waals surface area contributed by atoms with Gasteiger partial charge in [0.15, 0.2) is 0 Å². The first-order valence-electron chi connectivity index (χ1n) is 9.67. The summed E-state index contributed by atoms with van der Waals surface area (Å²) in [6, 6.07) is 22.5. The molecule has 0 aliphatic carbocycles. The third-order valence-corrected chi connectivity index (χ3v) is 4.61. The van der Waals surface area contributed by atoms with Crippen molar-refractivity contribution in [1.29, 1.82) is 0 Å². The highest BCUT2D eigenvalue weighted by molar-refractivity contribution is 9.10. The number of hydrazone groups is 1. The molecule has 0 fully saturated rings. The molecule has 0 atom stereocenters. The number of carbonyl (C=O) groups is 1. The Bertz CT molecular complexity index is 1000. The van der Waals surface area contributed by atoms with Gasteiger partial charge in [-0.3, -0.25) is 4.79 Å². The quantitative estimate of drug-likeness (QED) is 0.330. The second-order valence-electron chi connectivity index (χ2n) is 6.56. The molecule has 3 aromatic carbocycles. The Morgan fingerprint density at radius 1 is 1.00 bits per heavy atom. The van der Waals surface area contributed by atoms with Gasteiger partial charge in [-0.15, -0.1) is 0 Å². The van der Waals surface area contributed by atoms with Crippen LogP contribution < -0.4 is 14.9 Å². The van der Waals surface area contributed by atoms with E-state index in [1.807, 2.05) is 55.5 Å². The zero-order valence-corrected chi connectivity index (χ0v) is 18.3. The molecule has 0 aliphatic heterocycles. The lowest BCUT2D eigenvalue weighted by Crippen LogP contribution is -2.17. The topological polar surface area (TPSA) is 59.9 Å². The number of benzene rings is 3. The van der Waals surface area contributed by atoms with Crippen molar-refractivity contribution >= 4 is 28.1 Å². The summed E-state index contributed by atoms with van der Waals surface area (Å²) in [7, 11) is 0. The number of amides is 1. The van der Waals surface area contributed by atoms with Gasteiger partial charge in [0.25, 0.3) is 5.91 Å². The fourth-order valence-corrected chi connectivity index (χ4v) is 3.08. The van der Waals surface area contributed by atoms with Gasteiger partial charge < -0.3 is 9.47 Å². The van der Waals surface area contributed by atoms with Gasteiger partial charge in [0.1, 0.15) is 18.1 Å². The molecule has 0 heterocycles. The Hall–Kier alpha value is -3.12. The van der Waals surface area contributed by atoms with Crippen LogP contribution >= 0.6 is 15.9 Å². The fourth-order valence-electron chi connectivity index (χ4n) is 2.63. The number of carbonyl (C=O) groups excluding carboxylic acids is 1. The van der Waals surface area contributed by atoms with E-state index < -0.39 is 0 Å². The summed E-state index contributed by atoms with van der Waals surface area (Å²) in [5.41, 5.74) is 4.95. The lowest BCUT2D eigenvalue weighted by atomic mass is 10.2. The van der Waals surface area contributed by atoms with Crippen LogP contribution in [0, 0.1) is 0 Å². The van der Waals surface area contributed by atoms with Crippen molar-refractivity contribution in [3.05, 3.63) is 94.0 Å². The minimum absolute atomic E-state index is 0.282. The summed E-state index contributed by atoms with van der Waals surface area (Å²) in [5.74, 6) is 1.19. The molecule has 30 heavy (non-hydrogen) atoms. The Labute approximate surface area is 184 Å². The van der Waals surface area contributed by atoms with Gasteiger partial charge in [0.05, 0.1) is 12.8 Å². The zero-order chi connectivity index (χ0) is 21.2. The molecule has 0 aromatic heterocycles. The highest BCUT2D eigenvalue weighted by Crippen LogP contribution is 2.17. The standard InChI is InChI=1S/C24H23BrN2O3/c1-2-13-29-22-11-9-20(10-12-22)24(28)27-26-16-18-5-4-8-23(15-18)30-17-19-6-3-7-21(25)14-19/h3-12,14-16H,2,13,17H2,1H3,(H,27,28)/b26-16+. The van der Waals surface area contributed by atoms with E-state index in [1.54, 1.807) is 30.5 Å². The molecule has 5 nitrogen and oxygen atoms in total. The minimum Gasteiger partial charge on any atom is -0.494 e. The Morgan fingerprint density at radius 2 is 1.80 bits per heavy atom. The Kier molecular flexibility index (Phi) is 8.03. The molecule has 0 radical (unpaired) electrons. The molecule has 0 unspecified atom stereocenters. The third-order valence-electron chi connectivity index (χ3n) is 4.12. The highest BCUT2D eigenvalue weighted by Gasteiger charge is 2.04. The molecule has 0 saturated heterocycles. The van der Waals surface area contributed by atoms with Crippen molar-refractivity contribution < 1.29 is 14.3 Å². The molecule has 6 heteroatoms. The third kappa shape index (κ3) is 6.74. The summed E-state index contributed by atoms with van der Waals surface area (Å²) in [6.07, 6.45) is 2.52. The number of ether oxygens (including phenoxy) is 2. The van der Waals surface area contributed by atoms with Crippen LogP contribution in [0.2, 0.25) is 0 Å². The van der Waals surface area contributed by atoms with Crippen LogP contribution in [-0.4, -0.2) is 18.7 Å². The number of rotatable bonds is 9. The van der Waals surface area contributed by atoms with E-state index in [1.165, 1.54) is 0 Å². The Balaban J connectivity index is 1.53. The van der Waals surface area contributed by atoms with E-state index in [4.69, 9.17) is 9.47 Å². The predicted molar refractivity (Wildman–Crippen MR) is 122 cm³/mol. The molecule has 3 rings (SSSR count). The van der Waals surface area contributed by atoms with E-state index in [0.29, 0.717) is 18.8 Å². The van der Waals surface area contributed by atoms with Gasteiger partial charge in [-0.1, -0.05) is 47.1 Å². The molecule has 3 aromatic rings. The summed E-state index contributed by atoms with van der Waals surface area (Å²) >= 11 is 3.46. The second-order valence-corrected chi connectivity index (χ2v) is 7.48. The molecule has 1 amide bonds. The van der Waals surface area contributed by atoms with Crippen LogP contribution in [0.5, 0.6) is 11.5 Å². The first-order valence-corrected chi connectivity index (χ1v) is 10.5. The normalized spacial score (nSPS) is 10.7. The SMILES string of the molecule is CCCOc1ccc(C(=O)N/N=C/c2cccc(OCc3cccc(Br)c3)c2)cc1. The number of hydrogen-bond donors (Lipinski definition) is 1. The largest absolute Gasteiger partial charge is 0.494 e. The van der Waals surface area contributed by atoms with Crippen LogP contribution in [0.1, 0.15) is 34.8 Å². The van der Waals surface area contributed by atoms with Crippen molar-refractivity contribution in [2.75, 3.05) is 6.61 Å². The maximum Gasteiger partial charge on any atom is 0.271 e. The van der Waals surface area contributed by atoms with Crippen LogP contribution in [0.25, 0.3) is 0 Å². The minimum atomic E-state index is -0.282. The van der Waals surface area contributed by atoms with Gasteiger partial charge in [-0.25, -0.2) is 5.43 Å². The summed E-state index contributed by atoms with van der Waals surface area (Å²) in [5, 5.41) is 4.04. The molecule has 154 valence electrons.